The second kappa shape index (κ2) is 7.42. The van der Waals surface area contributed by atoms with Gasteiger partial charge in [0.25, 0.3) is 5.91 Å². The number of hydrogen-bond acceptors (Lipinski definition) is 3. The van der Waals surface area contributed by atoms with Crippen LogP contribution in [0.3, 0.4) is 0 Å². The summed E-state index contributed by atoms with van der Waals surface area (Å²) in [6.07, 6.45) is -3.72. The minimum absolute atomic E-state index is 0.0252. The number of halogens is 3. The number of amides is 1. The molecule has 0 bridgehead atoms. The van der Waals surface area contributed by atoms with Crippen molar-refractivity contribution in [2.45, 2.75) is 45.0 Å². The third-order valence-electron chi connectivity index (χ3n) is 4.36. The van der Waals surface area contributed by atoms with E-state index in [4.69, 9.17) is 10.5 Å². The topological polar surface area (TPSA) is 55.6 Å². The van der Waals surface area contributed by atoms with E-state index in [0.717, 1.165) is 18.9 Å². The highest BCUT2D eigenvalue weighted by atomic mass is 19.4. The second-order valence-corrected chi connectivity index (χ2v) is 6.30. The Labute approximate surface area is 139 Å². The Bertz CT molecular complexity index is 575. The van der Waals surface area contributed by atoms with E-state index in [1.807, 2.05) is 6.92 Å². The number of hydrogen-bond donors (Lipinski definition) is 1. The van der Waals surface area contributed by atoms with E-state index in [1.165, 1.54) is 25.1 Å². The van der Waals surface area contributed by atoms with Crippen LogP contribution in [-0.2, 0) is 11.0 Å². The second-order valence-electron chi connectivity index (χ2n) is 6.30. The summed E-state index contributed by atoms with van der Waals surface area (Å²) in [7, 11) is 0. The average molecular weight is 344 g/mol. The Morgan fingerprint density at radius 3 is 2.62 bits per heavy atom. The summed E-state index contributed by atoms with van der Waals surface area (Å²) in [5.74, 6) is -0.429. The number of carbonyl (C=O) groups excluding carboxylic acids is 1. The molecule has 134 valence electrons. The van der Waals surface area contributed by atoms with E-state index in [-0.39, 0.29) is 23.6 Å². The summed E-state index contributed by atoms with van der Waals surface area (Å²) < 4.78 is 44.4. The van der Waals surface area contributed by atoms with Gasteiger partial charge in [-0.3, -0.25) is 4.79 Å². The molecule has 7 heteroatoms. The van der Waals surface area contributed by atoms with Crippen LogP contribution in [0.2, 0.25) is 0 Å². The molecule has 1 aromatic rings. The Morgan fingerprint density at radius 2 is 2.00 bits per heavy atom. The largest absolute Gasteiger partial charge is 0.480 e. The van der Waals surface area contributed by atoms with Gasteiger partial charge in [0.15, 0.2) is 6.10 Å². The molecule has 2 N–H and O–H groups in total. The zero-order valence-corrected chi connectivity index (χ0v) is 13.8. The molecule has 4 nitrogen and oxygen atoms in total. The van der Waals surface area contributed by atoms with Gasteiger partial charge in [0, 0.05) is 19.1 Å². The van der Waals surface area contributed by atoms with Gasteiger partial charge in [-0.1, -0.05) is 12.1 Å². The molecular weight excluding hydrogens is 321 g/mol. The van der Waals surface area contributed by atoms with Gasteiger partial charge in [-0.2, -0.15) is 13.2 Å². The van der Waals surface area contributed by atoms with Crippen molar-refractivity contribution in [3.63, 3.8) is 0 Å². The molecular formula is C17H23F3N2O2. The van der Waals surface area contributed by atoms with E-state index >= 15 is 0 Å². The lowest BCUT2D eigenvalue weighted by Crippen LogP contribution is -2.49. The fraction of sp³-hybridized carbons (Fsp3) is 0.588. The maximum absolute atomic E-state index is 13.0. The van der Waals surface area contributed by atoms with Crippen LogP contribution in [0.1, 0.15) is 32.3 Å². The van der Waals surface area contributed by atoms with Crippen molar-refractivity contribution >= 4 is 5.91 Å². The summed E-state index contributed by atoms with van der Waals surface area (Å²) in [4.78, 5) is 14.1. The number of rotatable bonds is 4. The molecule has 0 aromatic heterocycles. The van der Waals surface area contributed by atoms with Crippen LogP contribution in [0.4, 0.5) is 13.2 Å². The maximum atomic E-state index is 13.0. The van der Waals surface area contributed by atoms with Crippen LogP contribution in [-0.4, -0.2) is 36.0 Å². The summed E-state index contributed by atoms with van der Waals surface area (Å²) >= 11 is 0. The Balaban J connectivity index is 2.07. The van der Waals surface area contributed by atoms with Gasteiger partial charge in [0.2, 0.25) is 0 Å². The minimum Gasteiger partial charge on any atom is -0.480 e. The highest BCUT2D eigenvalue weighted by Crippen LogP contribution is 2.36. The van der Waals surface area contributed by atoms with Gasteiger partial charge in [-0.25, -0.2) is 0 Å². The van der Waals surface area contributed by atoms with E-state index in [9.17, 15) is 18.0 Å². The number of piperidine rings is 1. The standard InChI is InChI=1S/C17H23F3N2O2/c1-11(21)13-6-5-9-22(10-13)16(23)12(2)24-15-8-4-3-7-14(15)17(18,19)20/h3-4,7-8,11-13H,5-6,9-10,21H2,1-2H3. The van der Waals surface area contributed by atoms with E-state index in [1.54, 1.807) is 4.90 Å². The molecule has 1 amide bonds. The van der Waals surface area contributed by atoms with Crippen molar-refractivity contribution in [3.8, 4) is 5.75 Å². The van der Waals surface area contributed by atoms with Gasteiger partial charge in [-0.05, 0) is 44.7 Å². The van der Waals surface area contributed by atoms with Crippen molar-refractivity contribution in [3.05, 3.63) is 29.8 Å². The average Bonchev–Trinajstić information content (AvgIpc) is 2.53. The first-order valence-corrected chi connectivity index (χ1v) is 8.07. The van der Waals surface area contributed by atoms with E-state index < -0.39 is 17.8 Å². The lowest BCUT2D eigenvalue weighted by Gasteiger charge is -2.36. The minimum atomic E-state index is -4.52. The normalized spacial score (nSPS) is 21.2. The number of nitrogens with zero attached hydrogens (tertiary/aromatic N) is 1. The zero-order chi connectivity index (χ0) is 17.9. The Morgan fingerprint density at radius 1 is 1.33 bits per heavy atom. The number of likely N-dealkylation sites (tertiary alicyclic amines) is 1. The first kappa shape index (κ1) is 18.6. The predicted molar refractivity (Wildman–Crippen MR) is 84.5 cm³/mol. The SMILES string of the molecule is CC(Oc1ccccc1C(F)(F)F)C(=O)N1CCCC(C(C)N)C1. The molecule has 24 heavy (non-hydrogen) atoms. The van der Waals surface area contributed by atoms with Crippen molar-refractivity contribution in [2.75, 3.05) is 13.1 Å². The van der Waals surface area contributed by atoms with Gasteiger partial charge in [-0.15, -0.1) is 0 Å². The highest BCUT2D eigenvalue weighted by Gasteiger charge is 2.35. The summed E-state index contributed by atoms with van der Waals surface area (Å²) in [5.41, 5.74) is 5.02. The lowest BCUT2D eigenvalue weighted by molar-refractivity contribution is -0.144. The fourth-order valence-corrected chi connectivity index (χ4v) is 2.94. The predicted octanol–water partition coefficient (Wildman–Crippen LogP) is 3.06. The number of benzene rings is 1. The summed E-state index contributed by atoms with van der Waals surface area (Å²) in [5, 5.41) is 0. The Kier molecular flexibility index (Phi) is 5.74. The number of nitrogens with two attached hydrogens (primary N) is 1. The first-order chi connectivity index (χ1) is 11.2. The molecule has 0 radical (unpaired) electrons. The van der Waals surface area contributed by atoms with Crippen LogP contribution in [0.5, 0.6) is 5.75 Å². The van der Waals surface area contributed by atoms with Crippen LogP contribution < -0.4 is 10.5 Å². The number of alkyl halides is 3. The molecule has 1 aromatic carbocycles. The maximum Gasteiger partial charge on any atom is 0.419 e. The Hall–Kier alpha value is -1.76. The van der Waals surface area contributed by atoms with E-state index in [2.05, 4.69) is 0 Å². The smallest absolute Gasteiger partial charge is 0.419 e. The van der Waals surface area contributed by atoms with Crippen molar-refractivity contribution in [2.24, 2.45) is 11.7 Å². The monoisotopic (exact) mass is 344 g/mol. The van der Waals surface area contributed by atoms with Gasteiger partial charge in [0.05, 0.1) is 5.56 Å². The van der Waals surface area contributed by atoms with Crippen LogP contribution in [0.25, 0.3) is 0 Å². The molecule has 1 saturated heterocycles. The molecule has 3 unspecified atom stereocenters. The number of para-hydroxylation sites is 1. The molecule has 0 aliphatic carbocycles. The summed E-state index contributed by atoms with van der Waals surface area (Å²) in [6, 6.07) is 4.89. The molecule has 2 rings (SSSR count). The van der Waals surface area contributed by atoms with Crippen LogP contribution in [0.15, 0.2) is 24.3 Å². The molecule has 1 aliphatic heterocycles. The third-order valence-corrected chi connectivity index (χ3v) is 4.36. The number of ether oxygens (including phenoxy) is 1. The number of carbonyl (C=O) groups is 1. The third kappa shape index (κ3) is 4.41. The van der Waals surface area contributed by atoms with Gasteiger partial charge >= 0.3 is 6.18 Å². The summed E-state index contributed by atoms with van der Waals surface area (Å²) in [6.45, 7) is 4.48. The molecule has 1 aliphatic rings. The first-order valence-electron chi connectivity index (χ1n) is 8.07. The van der Waals surface area contributed by atoms with Crippen molar-refractivity contribution in [1.82, 2.24) is 4.90 Å². The van der Waals surface area contributed by atoms with E-state index in [0.29, 0.717) is 13.1 Å². The van der Waals surface area contributed by atoms with Gasteiger partial charge < -0.3 is 15.4 Å². The van der Waals surface area contributed by atoms with Gasteiger partial charge in [0.1, 0.15) is 5.75 Å². The molecule has 0 saturated carbocycles. The van der Waals surface area contributed by atoms with Crippen LogP contribution in [0, 0.1) is 5.92 Å². The molecule has 0 spiro atoms. The van der Waals surface area contributed by atoms with Crippen molar-refractivity contribution in [1.29, 1.82) is 0 Å². The van der Waals surface area contributed by atoms with Crippen molar-refractivity contribution < 1.29 is 22.7 Å². The molecule has 1 heterocycles. The lowest BCUT2D eigenvalue weighted by atomic mass is 9.92. The molecule has 3 atom stereocenters. The fourth-order valence-electron chi connectivity index (χ4n) is 2.94. The van der Waals surface area contributed by atoms with Crippen LogP contribution >= 0.6 is 0 Å². The highest BCUT2D eigenvalue weighted by molar-refractivity contribution is 5.81. The molecule has 1 fully saturated rings. The quantitative estimate of drug-likeness (QED) is 0.913. The zero-order valence-electron chi connectivity index (χ0n) is 13.8.